The summed E-state index contributed by atoms with van der Waals surface area (Å²) in [6.45, 7) is 2.77. The molecule has 166 valence electrons. The van der Waals surface area contributed by atoms with Crippen LogP contribution in [0.25, 0.3) is 16.9 Å². The van der Waals surface area contributed by atoms with Crippen LogP contribution in [0.15, 0.2) is 79.4 Å². The molecule has 1 amide bonds. The van der Waals surface area contributed by atoms with Crippen LogP contribution in [0, 0.1) is 0 Å². The second-order valence-electron chi connectivity index (χ2n) is 7.90. The molecule has 33 heavy (non-hydrogen) atoms. The SMILES string of the molecule is O=C(Cc1cn(-c2ccccc2)nc1-c1ccc(Cl)cc1)N1CCN(c2cnccn2)CC1. The highest BCUT2D eigenvalue weighted by atomic mass is 35.5. The van der Waals surface area contributed by atoms with Crippen LogP contribution in [0.2, 0.25) is 5.02 Å². The first-order valence-electron chi connectivity index (χ1n) is 10.9. The summed E-state index contributed by atoms with van der Waals surface area (Å²) in [5, 5.41) is 5.48. The molecular weight excluding hydrogens is 436 g/mol. The standard InChI is InChI=1S/C25H23ClN6O/c26-21-8-6-19(7-9-21)25-20(18-32(29-25)22-4-2-1-3-5-22)16-24(33)31-14-12-30(13-15-31)23-17-27-10-11-28-23/h1-11,17-18H,12-16H2. The highest BCUT2D eigenvalue weighted by Gasteiger charge is 2.24. The minimum Gasteiger partial charge on any atom is -0.352 e. The smallest absolute Gasteiger partial charge is 0.227 e. The molecule has 0 saturated carbocycles. The van der Waals surface area contributed by atoms with Crippen molar-refractivity contribution >= 4 is 23.3 Å². The molecule has 0 radical (unpaired) electrons. The number of carbonyl (C=O) groups is 1. The maximum atomic E-state index is 13.2. The molecule has 1 fully saturated rings. The third kappa shape index (κ3) is 4.73. The van der Waals surface area contributed by atoms with E-state index in [-0.39, 0.29) is 12.3 Å². The number of benzene rings is 2. The van der Waals surface area contributed by atoms with Crippen LogP contribution >= 0.6 is 11.6 Å². The lowest BCUT2D eigenvalue weighted by atomic mass is 10.1. The van der Waals surface area contributed by atoms with E-state index in [4.69, 9.17) is 16.7 Å². The average Bonchev–Trinajstić information content (AvgIpc) is 3.29. The molecule has 0 atom stereocenters. The lowest BCUT2D eigenvalue weighted by Crippen LogP contribution is -2.49. The zero-order valence-corrected chi connectivity index (χ0v) is 18.8. The van der Waals surface area contributed by atoms with Crippen molar-refractivity contribution in [1.82, 2.24) is 24.6 Å². The van der Waals surface area contributed by atoms with E-state index in [2.05, 4.69) is 14.9 Å². The fraction of sp³-hybridized carbons (Fsp3) is 0.200. The van der Waals surface area contributed by atoms with Gasteiger partial charge in [0.25, 0.3) is 0 Å². The van der Waals surface area contributed by atoms with Gasteiger partial charge in [0, 0.05) is 60.9 Å². The Hall–Kier alpha value is -3.71. The molecule has 5 rings (SSSR count). The van der Waals surface area contributed by atoms with E-state index in [1.807, 2.05) is 70.4 Å². The Balaban J connectivity index is 1.35. The maximum Gasteiger partial charge on any atom is 0.227 e. The third-order valence-corrected chi connectivity index (χ3v) is 6.03. The van der Waals surface area contributed by atoms with Crippen molar-refractivity contribution in [3.63, 3.8) is 0 Å². The van der Waals surface area contributed by atoms with Gasteiger partial charge in [0.15, 0.2) is 0 Å². The molecule has 0 spiro atoms. The van der Waals surface area contributed by atoms with Gasteiger partial charge in [0.2, 0.25) is 5.91 Å². The number of hydrogen-bond donors (Lipinski definition) is 0. The predicted molar refractivity (Wildman–Crippen MR) is 129 cm³/mol. The van der Waals surface area contributed by atoms with E-state index in [1.165, 1.54) is 0 Å². The number of piperazine rings is 1. The van der Waals surface area contributed by atoms with Crippen LogP contribution in [-0.2, 0) is 11.2 Å². The van der Waals surface area contributed by atoms with Crippen molar-refractivity contribution < 1.29 is 4.79 Å². The Labute approximate surface area is 197 Å². The van der Waals surface area contributed by atoms with Gasteiger partial charge in [-0.2, -0.15) is 5.10 Å². The topological polar surface area (TPSA) is 67.2 Å². The summed E-state index contributed by atoms with van der Waals surface area (Å²) in [5.74, 6) is 0.940. The Morgan fingerprint density at radius 1 is 0.939 bits per heavy atom. The van der Waals surface area contributed by atoms with E-state index in [1.54, 1.807) is 18.6 Å². The predicted octanol–water partition coefficient (Wildman–Crippen LogP) is 3.87. The first kappa shape index (κ1) is 21.2. The summed E-state index contributed by atoms with van der Waals surface area (Å²) in [4.78, 5) is 25.8. The first-order chi connectivity index (χ1) is 16.2. The summed E-state index contributed by atoms with van der Waals surface area (Å²) in [7, 11) is 0. The summed E-state index contributed by atoms with van der Waals surface area (Å²) in [6.07, 6.45) is 7.35. The number of nitrogens with zero attached hydrogens (tertiary/aromatic N) is 6. The van der Waals surface area contributed by atoms with Crippen LogP contribution in [0.3, 0.4) is 0 Å². The summed E-state index contributed by atoms with van der Waals surface area (Å²) in [5.41, 5.74) is 3.57. The zero-order valence-electron chi connectivity index (χ0n) is 18.0. The number of rotatable bonds is 5. The van der Waals surface area contributed by atoms with Crippen LogP contribution in [0.5, 0.6) is 0 Å². The molecular formula is C25H23ClN6O. The molecule has 7 nitrogen and oxygen atoms in total. The Morgan fingerprint density at radius 3 is 2.39 bits per heavy atom. The van der Waals surface area contributed by atoms with Gasteiger partial charge in [-0.3, -0.25) is 9.78 Å². The van der Waals surface area contributed by atoms with E-state index in [9.17, 15) is 4.79 Å². The molecule has 2 aromatic carbocycles. The molecule has 0 N–H and O–H groups in total. The number of amides is 1. The van der Waals surface area contributed by atoms with Gasteiger partial charge in [0.1, 0.15) is 5.82 Å². The third-order valence-electron chi connectivity index (χ3n) is 5.78. The molecule has 4 aromatic rings. The summed E-state index contributed by atoms with van der Waals surface area (Å²) >= 11 is 6.08. The van der Waals surface area contributed by atoms with Crippen LogP contribution in [-0.4, -0.2) is 56.7 Å². The molecule has 0 unspecified atom stereocenters. The van der Waals surface area contributed by atoms with E-state index in [0.717, 1.165) is 41.4 Å². The molecule has 1 saturated heterocycles. The second kappa shape index (κ2) is 9.42. The molecule has 8 heteroatoms. The van der Waals surface area contributed by atoms with Crippen LogP contribution in [0.4, 0.5) is 5.82 Å². The summed E-state index contributed by atoms with van der Waals surface area (Å²) < 4.78 is 1.83. The van der Waals surface area contributed by atoms with Crippen molar-refractivity contribution in [2.24, 2.45) is 0 Å². The fourth-order valence-corrected chi connectivity index (χ4v) is 4.14. The molecule has 0 aliphatic carbocycles. The largest absolute Gasteiger partial charge is 0.352 e. The Morgan fingerprint density at radius 2 is 1.70 bits per heavy atom. The lowest BCUT2D eigenvalue weighted by Gasteiger charge is -2.35. The van der Waals surface area contributed by atoms with Crippen LogP contribution < -0.4 is 4.90 Å². The van der Waals surface area contributed by atoms with Crippen molar-refractivity contribution in [3.05, 3.63) is 90.0 Å². The quantitative estimate of drug-likeness (QED) is 0.454. The minimum absolute atomic E-state index is 0.0941. The lowest BCUT2D eigenvalue weighted by molar-refractivity contribution is -0.130. The van der Waals surface area contributed by atoms with Gasteiger partial charge < -0.3 is 9.80 Å². The van der Waals surface area contributed by atoms with Crippen LogP contribution in [0.1, 0.15) is 5.56 Å². The van der Waals surface area contributed by atoms with E-state index < -0.39 is 0 Å². The average molecular weight is 459 g/mol. The molecule has 2 aromatic heterocycles. The number of halogens is 1. The van der Waals surface area contributed by atoms with E-state index >= 15 is 0 Å². The normalized spacial score (nSPS) is 13.8. The Kier molecular flexibility index (Phi) is 6.04. The highest BCUT2D eigenvalue weighted by molar-refractivity contribution is 6.30. The second-order valence-corrected chi connectivity index (χ2v) is 8.33. The number of para-hydroxylation sites is 1. The minimum atomic E-state index is 0.0941. The van der Waals surface area contributed by atoms with Gasteiger partial charge in [-0.1, -0.05) is 41.9 Å². The zero-order chi connectivity index (χ0) is 22.6. The molecule has 1 aliphatic rings. The van der Waals surface area contributed by atoms with Gasteiger partial charge in [-0.15, -0.1) is 0 Å². The van der Waals surface area contributed by atoms with Gasteiger partial charge in [-0.25, -0.2) is 9.67 Å². The molecule has 3 heterocycles. The first-order valence-corrected chi connectivity index (χ1v) is 11.2. The van der Waals surface area contributed by atoms with E-state index in [0.29, 0.717) is 18.1 Å². The van der Waals surface area contributed by atoms with Gasteiger partial charge >= 0.3 is 0 Å². The van der Waals surface area contributed by atoms with Crippen molar-refractivity contribution in [1.29, 1.82) is 0 Å². The summed E-state index contributed by atoms with van der Waals surface area (Å²) in [6, 6.07) is 17.5. The molecule has 1 aliphatic heterocycles. The monoisotopic (exact) mass is 458 g/mol. The number of carbonyl (C=O) groups excluding carboxylic acids is 1. The van der Waals surface area contributed by atoms with Crippen molar-refractivity contribution in [2.75, 3.05) is 31.1 Å². The van der Waals surface area contributed by atoms with Gasteiger partial charge in [0.05, 0.1) is 24.0 Å². The fourth-order valence-electron chi connectivity index (χ4n) is 4.02. The highest BCUT2D eigenvalue weighted by Crippen LogP contribution is 2.26. The maximum absolute atomic E-state index is 13.2. The number of hydrogen-bond acceptors (Lipinski definition) is 5. The van der Waals surface area contributed by atoms with Gasteiger partial charge in [-0.05, 0) is 24.3 Å². The van der Waals surface area contributed by atoms with Crippen molar-refractivity contribution in [2.45, 2.75) is 6.42 Å². The van der Waals surface area contributed by atoms with Crippen molar-refractivity contribution in [3.8, 4) is 16.9 Å². The number of aromatic nitrogens is 4. The number of anilines is 1. The Bertz CT molecular complexity index is 1220. The molecule has 0 bridgehead atoms.